The van der Waals surface area contributed by atoms with Crippen molar-refractivity contribution in [3.63, 3.8) is 0 Å². The second-order valence-electron chi connectivity index (χ2n) is 8.48. The first-order valence-corrected chi connectivity index (χ1v) is 10.8. The van der Waals surface area contributed by atoms with E-state index in [2.05, 4.69) is 15.1 Å². The summed E-state index contributed by atoms with van der Waals surface area (Å²) in [6, 6.07) is 5.58. The third-order valence-electron chi connectivity index (χ3n) is 5.97. The van der Waals surface area contributed by atoms with Crippen LogP contribution in [0.4, 0.5) is 4.39 Å². The van der Waals surface area contributed by atoms with Crippen LogP contribution in [0.25, 0.3) is 0 Å². The van der Waals surface area contributed by atoms with Crippen molar-refractivity contribution in [1.82, 2.24) is 24.9 Å². The van der Waals surface area contributed by atoms with E-state index in [0.717, 1.165) is 25.9 Å². The zero-order chi connectivity index (χ0) is 22.4. The van der Waals surface area contributed by atoms with Gasteiger partial charge in [0.1, 0.15) is 5.82 Å². The summed E-state index contributed by atoms with van der Waals surface area (Å²) >= 11 is 0. The number of amides is 3. The van der Waals surface area contributed by atoms with Crippen LogP contribution in [0, 0.1) is 5.82 Å². The van der Waals surface area contributed by atoms with Crippen LogP contribution in [0.1, 0.15) is 23.2 Å². The van der Waals surface area contributed by atoms with Crippen molar-refractivity contribution >= 4 is 17.7 Å². The van der Waals surface area contributed by atoms with Gasteiger partial charge >= 0.3 is 0 Å². The minimum Gasteiger partial charge on any atom is -0.349 e. The average Bonchev–Trinajstić information content (AvgIpc) is 2.76. The Labute approximate surface area is 182 Å². The Morgan fingerprint density at radius 1 is 0.935 bits per heavy atom. The number of carbonyl (C=O) groups excluding carboxylic acids is 3. The number of hydrogen-bond donors (Lipinski definition) is 1. The summed E-state index contributed by atoms with van der Waals surface area (Å²) in [6.45, 7) is 4.98. The van der Waals surface area contributed by atoms with Gasteiger partial charge < -0.3 is 15.1 Å². The lowest BCUT2D eigenvalue weighted by Gasteiger charge is -2.37. The second-order valence-corrected chi connectivity index (χ2v) is 8.48. The Balaban J connectivity index is 1.36. The third kappa shape index (κ3) is 6.73. The lowest BCUT2D eigenvalue weighted by atomic mass is 10.0. The number of piperidine rings is 1. The van der Waals surface area contributed by atoms with Crippen LogP contribution in [0.15, 0.2) is 24.3 Å². The molecule has 9 heteroatoms. The van der Waals surface area contributed by atoms with Gasteiger partial charge in [0.25, 0.3) is 5.91 Å². The standard InChI is InChI=1S/C22H32FN5O3/c1-25(2)20(29)15-27-11-13-28(14-12-27)21(30)16-26-9-7-19(8-10-26)24-22(31)17-3-5-18(23)6-4-17/h3-6,19H,7-16H2,1-2H3,(H,24,31). The van der Waals surface area contributed by atoms with Gasteiger partial charge in [-0.15, -0.1) is 0 Å². The lowest BCUT2D eigenvalue weighted by molar-refractivity contribution is -0.135. The van der Waals surface area contributed by atoms with Crippen LogP contribution in [0.2, 0.25) is 0 Å². The number of rotatable bonds is 6. The van der Waals surface area contributed by atoms with E-state index in [0.29, 0.717) is 44.8 Å². The molecule has 0 saturated carbocycles. The molecule has 0 radical (unpaired) electrons. The highest BCUT2D eigenvalue weighted by Gasteiger charge is 2.26. The highest BCUT2D eigenvalue weighted by Crippen LogP contribution is 2.13. The molecule has 3 amide bonds. The van der Waals surface area contributed by atoms with Gasteiger partial charge in [-0.1, -0.05) is 0 Å². The van der Waals surface area contributed by atoms with Crippen LogP contribution >= 0.6 is 0 Å². The van der Waals surface area contributed by atoms with Crippen molar-refractivity contribution in [3.05, 3.63) is 35.6 Å². The molecule has 0 unspecified atom stereocenters. The number of nitrogens with one attached hydrogen (secondary N) is 1. The molecule has 1 N–H and O–H groups in total. The number of halogens is 1. The number of piperazine rings is 1. The van der Waals surface area contributed by atoms with Gasteiger partial charge in [-0.25, -0.2) is 4.39 Å². The molecule has 31 heavy (non-hydrogen) atoms. The van der Waals surface area contributed by atoms with Crippen molar-refractivity contribution in [2.45, 2.75) is 18.9 Å². The van der Waals surface area contributed by atoms with E-state index in [-0.39, 0.29) is 29.6 Å². The SMILES string of the molecule is CN(C)C(=O)CN1CCN(C(=O)CN2CCC(NC(=O)c3ccc(F)cc3)CC2)CC1. The van der Waals surface area contributed by atoms with Gasteiger partial charge in [0.05, 0.1) is 13.1 Å². The topological polar surface area (TPSA) is 76.2 Å². The van der Waals surface area contributed by atoms with Crippen molar-refractivity contribution in [3.8, 4) is 0 Å². The summed E-state index contributed by atoms with van der Waals surface area (Å²) in [5.74, 6) is -0.361. The maximum absolute atomic E-state index is 13.0. The fraction of sp³-hybridized carbons (Fsp3) is 0.591. The summed E-state index contributed by atoms with van der Waals surface area (Å²) in [6.07, 6.45) is 1.56. The van der Waals surface area contributed by atoms with Gasteiger partial charge in [0, 0.05) is 65.0 Å². The Morgan fingerprint density at radius 3 is 2.10 bits per heavy atom. The first kappa shape index (κ1) is 23.1. The first-order chi connectivity index (χ1) is 14.8. The minimum absolute atomic E-state index is 0.0571. The number of nitrogens with zero attached hydrogens (tertiary/aromatic N) is 4. The Hall–Kier alpha value is -2.52. The quantitative estimate of drug-likeness (QED) is 0.696. The molecule has 8 nitrogen and oxygen atoms in total. The van der Waals surface area contributed by atoms with Gasteiger partial charge in [-0.3, -0.25) is 24.2 Å². The molecule has 2 aliphatic heterocycles. The zero-order valence-corrected chi connectivity index (χ0v) is 18.3. The molecule has 0 aromatic heterocycles. The van der Waals surface area contributed by atoms with E-state index >= 15 is 0 Å². The summed E-state index contributed by atoms with van der Waals surface area (Å²) in [4.78, 5) is 44.5. The van der Waals surface area contributed by atoms with E-state index in [1.165, 1.54) is 24.3 Å². The van der Waals surface area contributed by atoms with Crippen LogP contribution in [-0.4, -0.2) is 110 Å². The molecule has 0 bridgehead atoms. The van der Waals surface area contributed by atoms with Gasteiger partial charge in [-0.2, -0.15) is 0 Å². The van der Waals surface area contributed by atoms with E-state index in [9.17, 15) is 18.8 Å². The molecule has 2 fully saturated rings. The summed E-state index contributed by atoms with van der Waals surface area (Å²) in [7, 11) is 3.50. The predicted molar refractivity (Wildman–Crippen MR) is 115 cm³/mol. The predicted octanol–water partition coefficient (Wildman–Crippen LogP) is 0.252. The van der Waals surface area contributed by atoms with Crippen molar-refractivity contribution in [2.75, 3.05) is 66.5 Å². The number of likely N-dealkylation sites (N-methyl/N-ethyl adjacent to an activating group) is 1. The van der Waals surface area contributed by atoms with Crippen LogP contribution in [0.5, 0.6) is 0 Å². The molecule has 0 spiro atoms. The average molecular weight is 434 g/mol. The molecule has 0 aliphatic carbocycles. The fourth-order valence-corrected chi connectivity index (χ4v) is 3.88. The molecule has 170 valence electrons. The minimum atomic E-state index is -0.363. The molecular formula is C22H32FN5O3. The Morgan fingerprint density at radius 2 is 1.52 bits per heavy atom. The maximum atomic E-state index is 13.0. The number of likely N-dealkylation sites (tertiary alicyclic amines) is 1. The smallest absolute Gasteiger partial charge is 0.251 e. The molecule has 2 saturated heterocycles. The van der Waals surface area contributed by atoms with Crippen molar-refractivity contribution in [2.24, 2.45) is 0 Å². The Bertz CT molecular complexity index is 770. The monoisotopic (exact) mass is 433 g/mol. The van der Waals surface area contributed by atoms with E-state index < -0.39 is 0 Å². The van der Waals surface area contributed by atoms with Gasteiger partial charge in [0.2, 0.25) is 11.8 Å². The number of carbonyl (C=O) groups is 3. The molecule has 2 aliphatic rings. The van der Waals surface area contributed by atoms with Crippen LogP contribution in [0.3, 0.4) is 0 Å². The fourth-order valence-electron chi connectivity index (χ4n) is 3.88. The summed E-state index contributed by atoms with van der Waals surface area (Å²) in [5, 5.41) is 3.00. The normalized spacial score (nSPS) is 18.6. The molecule has 3 rings (SSSR count). The highest BCUT2D eigenvalue weighted by atomic mass is 19.1. The zero-order valence-electron chi connectivity index (χ0n) is 18.3. The highest BCUT2D eigenvalue weighted by molar-refractivity contribution is 5.94. The molecular weight excluding hydrogens is 401 g/mol. The maximum Gasteiger partial charge on any atom is 0.251 e. The third-order valence-corrected chi connectivity index (χ3v) is 5.97. The summed E-state index contributed by atoms with van der Waals surface area (Å²) in [5.41, 5.74) is 0.449. The molecule has 2 heterocycles. The van der Waals surface area contributed by atoms with Crippen molar-refractivity contribution in [1.29, 1.82) is 0 Å². The second kappa shape index (κ2) is 10.7. The summed E-state index contributed by atoms with van der Waals surface area (Å²) < 4.78 is 13.0. The Kier molecular flexibility index (Phi) is 7.97. The van der Waals surface area contributed by atoms with E-state index in [1.54, 1.807) is 19.0 Å². The van der Waals surface area contributed by atoms with Crippen LogP contribution in [-0.2, 0) is 9.59 Å². The number of benzene rings is 1. The van der Waals surface area contributed by atoms with Gasteiger partial charge in [-0.05, 0) is 37.1 Å². The number of hydrogen-bond acceptors (Lipinski definition) is 5. The molecule has 1 aromatic carbocycles. The van der Waals surface area contributed by atoms with Crippen LogP contribution < -0.4 is 5.32 Å². The molecule has 0 atom stereocenters. The van der Waals surface area contributed by atoms with Gasteiger partial charge in [0.15, 0.2) is 0 Å². The largest absolute Gasteiger partial charge is 0.349 e. The van der Waals surface area contributed by atoms with Crippen molar-refractivity contribution < 1.29 is 18.8 Å². The van der Waals surface area contributed by atoms with E-state index in [1.807, 2.05) is 4.90 Å². The van der Waals surface area contributed by atoms with E-state index in [4.69, 9.17) is 0 Å². The lowest BCUT2D eigenvalue weighted by Crippen LogP contribution is -2.53. The molecule has 1 aromatic rings. The first-order valence-electron chi connectivity index (χ1n) is 10.8.